The average Bonchev–Trinajstić information content (AvgIpc) is 3.37. The van der Waals surface area contributed by atoms with Crippen LogP contribution in [0.4, 0.5) is 24.5 Å². The molecule has 0 spiro atoms. The van der Waals surface area contributed by atoms with Crippen LogP contribution < -0.4 is 16.4 Å². The van der Waals surface area contributed by atoms with E-state index in [0.717, 1.165) is 17.7 Å². The zero-order chi connectivity index (χ0) is 29.4. The van der Waals surface area contributed by atoms with E-state index in [0.29, 0.717) is 41.4 Å². The number of hydrogen-bond acceptors (Lipinski definition) is 6. The molecule has 0 saturated carbocycles. The molecular formula is C30H27F3N6O2. The molecule has 0 fully saturated rings. The summed E-state index contributed by atoms with van der Waals surface area (Å²) in [5, 5.41) is 5.72. The number of aryl methyl sites for hydroxylation is 1. The second kappa shape index (κ2) is 12.8. The molecule has 0 saturated heterocycles. The molecule has 4 rings (SSSR count). The summed E-state index contributed by atoms with van der Waals surface area (Å²) in [6.07, 6.45) is 1.96. The van der Waals surface area contributed by atoms with Gasteiger partial charge in [0.05, 0.1) is 36.3 Å². The minimum absolute atomic E-state index is 0.0436. The van der Waals surface area contributed by atoms with Gasteiger partial charge < -0.3 is 21.1 Å². The van der Waals surface area contributed by atoms with Crippen molar-refractivity contribution in [3.05, 3.63) is 107 Å². The Bertz CT molecular complexity index is 1680. The van der Waals surface area contributed by atoms with E-state index in [9.17, 15) is 18.0 Å². The summed E-state index contributed by atoms with van der Waals surface area (Å²) in [6, 6.07) is 13.1. The van der Waals surface area contributed by atoms with Crippen molar-refractivity contribution in [2.45, 2.75) is 13.1 Å². The van der Waals surface area contributed by atoms with Gasteiger partial charge in [0, 0.05) is 42.5 Å². The third kappa shape index (κ3) is 7.32. The van der Waals surface area contributed by atoms with E-state index in [4.69, 9.17) is 10.5 Å². The van der Waals surface area contributed by atoms with Gasteiger partial charge in [-0.1, -0.05) is 18.1 Å². The van der Waals surface area contributed by atoms with E-state index in [1.807, 2.05) is 29.7 Å². The highest BCUT2D eigenvalue weighted by Gasteiger charge is 2.30. The number of ether oxygens (including phenoxy) is 1. The van der Waals surface area contributed by atoms with E-state index in [1.54, 1.807) is 37.7 Å². The van der Waals surface area contributed by atoms with Crippen LogP contribution in [-0.4, -0.2) is 41.8 Å². The van der Waals surface area contributed by atoms with Crippen molar-refractivity contribution in [3.8, 4) is 11.8 Å². The van der Waals surface area contributed by atoms with Gasteiger partial charge in [0.2, 0.25) is 0 Å². The Balaban J connectivity index is 1.55. The highest BCUT2D eigenvalue weighted by Crippen LogP contribution is 2.30. The largest absolute Gasteiger partial charge is 0.416 e. The van der Waals surface area contributed by atoms with Crippen molar-refractivity contribution >= 4 is 29.1 Å². The predicted octanol–water partition coefficient (Wildman–Crippen LogP) is 5.24. The molecule has 4 N–H and O–H groups in total. The first-order valence-electron chi connectivity index (χ1n) is 12.4. The zero-order valence-corrected chi connectivity index (χ0v) is 22.3. The summed E-state index contributed by atoms with van der Waals surface area (Å²) >= 11 is 0. The van der Waals surface area contributed by atoms with Crippen molar-refractivity contribution < 1.29 is 22.7 Å². The van der Waals surface area contributed by atoms with Gasteiger partial charge >= 0.3 is 6.18 Å². The van der Waals surface area contributed by atoms with Crippen LogP contribution in [0.25, 0.3) is 5.65 Å². The third-order valence-electron chi connectivity index (χ3n) is 5.92. The van der Waals surface area contributed by atoms with E-state index in [-0.39, 0.29) is 11.3 Å². The fourth-order valence-electron chi connectivity index (χ4n) is 3.79. The maximum Gasteiger partial charge on any atom is 0.416 e. The van der Waals surface area contributed by atoms with Crippen molar-refractivity contribution in [2.24, 2.45) is 10.7 Å². The van der Waals surface area contributed by atoms with E-state index in [1.165, 1.54) is 18.3 Å². The smallest absolute Gasteiger partial charge is 0.403 e. The fraction of sp³-hybridized carbons (Fsp3) is 0.167. The van der Waals surface area contributed by atoms with Gasteiger partial charge in [-0.2, -0.15) is 13.2 Å². The zero-order valence-electron chi connectivity index (χ0n) is 22.3. The lowest BCUT2D eigenvalue weighted by Gasteiger charge is -2.10. The van der Waals surface area contributed by atoms with Gasteiger partial charge in [-0.25, -0.2) is 4.98 Å². The number of nitrogens with zero attached hydrogens (tertiary/aromatic N) is 3. The number of aromatic nitrogens is 2. The molecule has 2 aromatic carbocycles. The number of methoxy groups -OCH3 is 1. The third-order valence-corrected chi connectivity index (χ3v) is 5.92. The van der Waals surface area contributed by atoms with Crippen LogP contribution in [0.15, 0.2) is 83.9 Å². The van der Waals surface area contributed by atoms with E-state index < -0.39 is 17.6 Å². The first kappa shape index (κ1) is 28.9. The highest BCUT2D eigenvalue weighted by atomic mass is 19.4. The molecule has 8 nitrogen and oxygen atoms in total. The lowest BCUT2D eigenvalue weighted by molar-refractivity contribution is -0.137. The second-order valence-corrected chi connectivity index (χ2v) is 8.85. The standard InChI is InChI=1S/C30H27F3N6O2/c1-20-8-9-22(29(40)38-24-6-3-5-23(16-24)30(31,32)33)15-21(20)10-11-26-19-36-28-27(7-4-13-39(26)28)37-25(17-34)18-35-12-14-41-2/h3-9,13,15-19,37H,12,14,34H2,1-2H3,(H,38,40). The van der Waals surface area contributed by atoms with Gasteiger partial charge in [0.15, 0.2) is 5.65 Å². The number of aliphatic imine (C=N–C) groups is 1. The van der Waals surface area contributed by atoms with Crippen molar-refractivity contribution in [2.75, 3.05) is 30.9 Å². The first-order chi connectivity index (χ1) is 19.7. The Morgan fingerprint density at radius 3 is 2.73 bits per heavy atom. The molecule has 0 aliphatic heterocycles. The van der Waals surface area contributed by atoms with Crippen LogP contribution in [0.3, 0.4) is 0 Å². The molecule has 0 atom stereocenters. The number of amides is 1. The number of carbonyl (C=O) groups excluding carboxylic acids is 1. The fourth-order valence-corrected chi connectivity index (χ4v) is 3.79. The van der Waals surface area contributed by atoms with Crippen molar-refractivity contribution in [1.29, 1.82) is 0 Å². The van der Waals surface area contributed by atoms with Crippen LogP contribution in [0.2, 0.25) is 0 Å². The molecule has 2 aromatic heterocycles. The second-order valence-electron chi connectivity index (χ2n) is 8.85. The lowest BCUT2D eigenvalue weighted by atomic mass is 10.0. The normalized spacial score (nSPS) is 11.9. The number of hydrogen-bond donors (Lipinski definition) is 3. The topological polar surface area (TPSA) is 106 Å². The molecule has 0 unspecified atom stereocenters. The minimum atomic E-state index is -4.51. The number of halogens is 3. The maximum absolute atomic E-state index is 13.0. The Kier molecular flexibility index (Phi) is 9.06. The van der Waals surface area contributed by atoms with Gasteiger partial charge in [-0.15, -0.1) is 0 Å². The van der Waals surface area contributed by atoms with Crippen molar-refractivity contribution in [1.82, 2.24) is 9.38 Å². The molecular weight excluding hydrogens is 533 g/mol. The maximum atomic E-state index is 13.0. The molecule has 0 aliphatic carbocycles. The number of benzene rings is 2. The first-order valence-corrected chi connectivity index (χ1v) is 12.4. The summed E-state index contributed by atoms with van der Waals surface area (Å²) in [5.41, 5.74) is 9.12. The molecule has 0 radical (unpaired) electrons. The number of nitrogens with one attached hydrogen (secondary N) is 2. The van der Waals surface area contributed by atoms with Gasteiger partial charge in [0.25, 0.3) is 5.91 Å². The monoisotopic (exact) mass is 560 g/mol. The molecule has 11 heteroatoms. The number of rotatable bonds is 8. The summed E-state index contributed by atoms with van der Waals surface area (Å²) in [4.78, 5) is 21.6. The quantitative estimate of drug-likeness (QED) is 0.155. The number of alkyl halides is 3. The molecule has 41 heavy (non-hydrogen) atoms. The summed E-state index contributed by atoms with van der Waals surface area (Å²) in [5.74, 6) is 5.63. The summed E-state index contributed by atoms with van der Waals surface area (Å²) < 4.78 is 45.9. The van der Waals surface area contributed by atoms with Gasteiger partial charge in [-0.3, -0.25) is 14.2 Å². The molecule has 2 heterocycles. The molecule has 0 aliphatic rings. The van der Waals surface area contributed by atoms with Gasteiger partial charge in [-0.05, 0) is 60.9 Å². The number of nitrogens with two attached hydrogens (primary N) is 1. The Labute approximate surface area is 234 Å². The van der Waals surface area contributed by atoms with Crippen LogP contribution in [0.1, 0.15) is 32.7 Å². The minimum Gasteiger partial charge on any atom is -0.403 e. The number of carbonyl (C=O) groups is 1. The van der Waals surface area contributed by atoms with Crippen LogP contribution in [-0.2, 0) is 10.9 Å². The SMILES string of the molecule is COCCN=CC(=CN)Nc1cccn2c(C#Cc3cc(C(=O)Nc4cccc(C(F)(F)F)c4)ccc3C)cnc12. The summed E-state index contributed by atoms with van der Waals surface area (Å²) in [7, 11) is 1.60. The van der Waals surface area contributed by atoms with E-state index in [2.05, 4.69) is 32.5 Å². The summed E-state index contributed by atoms with van der Waals surface area (Å²) in [6.45, 7) is 2.84. The number of anilines is 2. The van der Waals surface area contributed by atoms with Crippen molar-refractivity contribution in [3.63, 3.8) is 0 Å². The Morgan fingerprint density at radius 1 is 1.15 bits per heavy atom. The average molecular weight is 561 g/mol. The number of fused-ring (bicyclic) bond motifs is 1. The van der Waals surface area contributed by atoms with Crippen LogP contribution >= 0.6 is 0 Å². The van der Waals surface area contributed by atoms with Crippen LogP contribution in [0, 0.1) is 18.8 Å². The van der Waals surface area contributed by atoms with E-state index >= 15 is 0 Å². The number of allylic oxidation sites excluding steroid dienone is 1. The molecule has 4 aromatic rings. The van der Waals surface area contributed by atoms with Crippen LogP contribution in [0.5, 0.6) is 0 Å². The molecule has 1 amide bonds. The Morgan fingerprint density at radius 2 is 1.98 bits per heavy atom. The molecule has 0 bridgehead atoms. The predicted molar refractivity (Wildman–Crippen MR) is 153 cm³/mol. The number of imidazole rings is 1. The Hall–Kier alpha value is -5.08. The molecule has 210 valence electrons. The highest BCUT2D eigenvalue weighted by molar-refractivity contribution is 6.04. The van der Waals surface area contributed by atoms with Gasteiger partial charge in [0.1, 0.15) is 5.69 Å². The lowest BCUT2D eigenvalue weighted by Crippen LogP contribution is -2.13. The number of pyridine rings is 1.